The molecule has 13 heavy (non-hydrogen) atoms. The van der Waals surface area contributed by atoms with Crippen LogP contribution in [-0.2, 0) is 10.0 Å². The quantitative estimate of drug-likeness (QED) is 0.639. The number of nitrogens with zero attached hydrogens (tertiary/aromatic N) is 1. The van der Waals surface area contributed by atoms with E-state index in [1.54, 1.807) is 4.31 Å². The van der Waals surface area contributed by atoms with Gasteiger partial charge in [-0.15, -0.1) is 0 Å². The van der Waals surface area contributed by atoms with E-state index in [9.17, 15) is 8.42 Å². The Morgan fingerprint density at radius 1 is 1.38 bits per heavy atom. The molecule has 2 fully saturated rings. The summed E-state index contributed by atoms with van der Waals surface area (Å²) in [7, 11) is -2.91. The van der Waals surface area contributed by atoms with E-state index in [1.165, 1.54) is 25.5 Å². The molecule has 2 aliphatic rings. The van der Waals surface area contributed by atoms with E-state index < -0.39 is 10.0 Å². The van der Waals surface area contributed by atoms with Gasteiger partial charge in [0.2, 0.25) is 10.0 Å². The van der Waals surface area contributed by atoms with Gasteiger partial charge >= 0.3 is 0 Å². The number of hydrogen-bond acceptors (Lipinski definition) is 2. The summed E-state index contributed by atoms with van der Waals surface area (Å²) in [6, 6.07) is 0. The third-order valence-corrected chi connectivity index (χ3v) is 4.64. The van der Waals surface area contributed by atoms with Crippen molar-refractivity contribution in [1.29, 1.82) is 0 Å². The van der Waals surface area contributed by atoms with Crippen LogP contribution in [0.15, 0.2) is 0 Å². The van der Waals surface area contributed by atoms with Crippen LogP contribution in [0.3, 0.4) is 0 Å². The summed E-state index contributed by atoms with van der Waals surface area (Å²) in [4.78, 5) is 0. The lowest BCUT2D eigenvalue weighted by molar-refractivity contribution is 0.0746. The second kappa shape index (κ2) is 2.70. The summed E-state index contributed by atoms with van der Waals surface area (Å²) in [6.07, 6.45) is 5.02. The molecule has 0 radical (unpaired) electrons. The standard InChI is InChI=1S/C9H17NO2S/c1-8-3-4-9(5-8)6-10(7-9)13(2,11)12/h8H,3-7H2,1-2H3. The van der Waals surface area contributed by atoms with E-state index in [1.807, 2.05) is 0 Å². The molecule has 0 aromatic heterocycles. The first-order valence-corrected chi connectivity index (χ1v) is 6.71. The highest BCUT2D eigenvalue weighted by molar-refractivity contribution is 7.88. The van der Waals surface area contributed by atoms with Gasteiger partial charge in [-0.05, 0) is 24.2 Å². The zero-order valence-corrected chi connectivity index (χ0v) is 9.10. The summed E-state index contributed by atoms with van der Waals surface area (Å²) in [5, 5.41) is 0. The van der Waals surface area contributed by atoms with Gasteiger partial charge in [0, 0.05) is 13.1 Å². The maximum atomic E-state index is 11.2. The van der Waals surface area contributed by atoms with E-state index in [-0.39, 0.29) is 0 Å². The first kappa shape index (κ1) is 9.46. The maximum Gasteiger partial charge on any atom is 0.211 e. The molecule has 2 rings (SSSR count). The first-order valence-electron chi connectivity index (χ1n) is 4.86. The van der Waals surface area contributed by atoms with Crippen LogP contribution < -0.4 is 0 Å². The molecule has 1 saturated heterocycles. The lowest BCUT2D eigenvalue weighted by Crippen LogP contribution is -2.56. The predicted octanol–water partition coefficient (Wildman–Crippen LogP) is 1.07. The van der Waals surface area contributed by atoms with Crippen LogP contribution in [0.4, 0.5) is 0 Å². The maximum absolute atomic E-state index is 11.2. The largest absolute Gasteiger partial charge is 0.213 e. The number of sulfonamides is 1. The predicted molar refractivity (Wildman–Crippen MR) is 51.9 cm³/mol. The molecule has 1 heterocycles. The van der Waals surface area contributed by atoms with Gasteiger partial charge in [0.1, 0.15) is 0 Å². The Hall–Kier alpha value is -0.0900. The van der Waals surface area contributed by atoms with Gasteiger partial charge < -0.3 is 0 Å². The summed E-state index contributed by atoms with van der Waals surface area (Å²) >= 11 is 0. The fraction of sp³-hybridized carbons (Fsp3) is 1.00. The van der Waals surface area contributed by atoms with Crippen molar-refractivity contribution < 1.29 is 8.42 Å². The average Bonchev–Trinajstić information content (AvgIpc) is 2.25. The van der Waals surface area contributed by atoms with Crippen molar-refractivity contribution in [3.05, 3.63) is 0 Å². The smallest absolute Gasteiger partial charge is 0.211 e. The van der Waals surface area contributed by atoms with E-state index in [2.05, 4.69) is 6.92 Å². The van der Waals surface area contributed by atoms with Crippen molar-refractivity contribution in [2.24, 2.45) is 11.3 Å². The Labute approximate surface area is 80.2 Å². The van der Waals surface area contributed by atoms with Crippen molar-refractivity contribution in [3.63, 3.8) is 0 Å². The van der Waals surface area contributed by atoms with Crippen LogP contribution in [0, 0.1) is 11.3 Å². The first-order chi connectivity index (χ1) is 5.91. The Balaban J connectivity index is 1.98. The average molecular weight is 203 g/mol. The molecule has 0 aromatic rings. The van der Waals surface area contributed by atoms with Crippen molar-refractivity contribution in [3.8, 4) is 0 Å². The molecule has 3 nitrogen and oxygen atoms in total. The van der Waals surface area contributed by atoms with E-state index in [4.69, 9.17) is 0 Å². The normalized spacial score (nSPS) is 33.5. The molecule has 0 bridgehead atoms. The van der Waals surface area contributed by atoms with Crippen LogP contribution in [0.2, 0.25) is 0 Å². The highest BCUT2D eigenvalue weighted by Gasteiger charge is 2.49. The topological polar surface area (TPSA) is 37.4 Å². The third kappa shape index (κ3) is 1.62. The molecule has 1 unspecified atom stereocenters. The van der Waals surface area contributed by atoms with Gasteiger partial charge in [0.15, 0.2) is 0 Å². The molecule has 0 N–H and O–H groups in total. The summed E-state index contributed by atoms with van der Waals surface area (Å²) < 4.78 is 23.9. The van der Waals surface area contributed by atoms with Crippen LogP contribution in [0.1, 0.15) is 26.2 Å². The Bertz CT molecular complexity index is 304. The van der Waals surface area contributed by atoms with Crippen LogP contribution in [0.25, 0.3) is 0 Å². The van der Waals surface area contributed by atoms with Crippen molar-refractivity contribution >= 4 is 10.0 Å². The van der Waals surface area contributed by atoms with Crippen molar-refractivity contribution in [1.82, 2.24) is 4.31 Å². The minimum Gasteiger partial charge on any atom is -0.213 e. The number of rotatable bonds is 1. The molecule has 1 saturated carbocycles. The van der Waals surface area contributed by atoms with E-state index in [0.717, 1.165) is 19.0 Å². The Kier molecular flexibility index (Phi) is 1.97. The fourth-order valence-electron chi connectivity index (χ4n) is 2.72. The van der Waals surface area contributed by atoms with Gasteiger partial charge in [0.25, 0.3) is 0 Å². The molecule has 1 spiro atoms. The molecule has 76 valence electrons. The van der Waals surface area contributed by atoms with Gasteiger partial charge in [0.05, 0.1) is 6.26 Å². The van der Waals surface area contributed by atoms with E-state index >= 15 is 0 Å². The molecular weight excluding hydrogens is 186 g/mol. The van der Waals surface area contributed by atoms with Crippen molar-refractivity contribution in [2.75, 3.05) is 19.3 Å². The molecule has 1 atom stereocenters. The summed E-state index contributed by atoms with van der Waals surface area (Å²) in [5.74, 6) is 0.793. The molecular formula is C9H17NO2S. The van der Waals surface area contributed by atoms with Crippen LogP contribution >= 0.6 is 0 Å². The fourth-order valence-corrected chi connectivity index (χ4v) is 3.74. The van der Waals surface area contributed by atoms with Gasteiger partial charge in [-0.2, -0.15) is 0 Å². The van der Waals surface area contributed by atoms with Gasteiger partial charge in [-0.25, -0.2) is 12.7 Å². The third-order valence-electron chi connectivity index (χ3n) is 3.44. The minimum absolute atomic E-state index is 0.364. The zero-order chi connectivity index (χ0) is 9.69. The van der Waals surface area contributed by atoms with Crippen LogP contribution in [-0.4, -0.2) is 32.1 Å². The summed E-state index contributed by atoms with van der Waals surface area (Å²) in [5.41, 5.74) is 0.364. The molecule has 4 heteroatoms. The molecule has 1 aliphatic carbocycles. The van der Waals surface area contributed by atoms with Crippen LogP contribution in [0.5, 0.6) is 0 Å². The van der Waals surface area contributed by atoms with Gasteiger partial charge in [-0.3, -0.25) is 0 Å². The SMILES string of the molecule is CC1CCC2(C1)CN(S(C)(=O)=O)C2. The van der Waals surface area contributed by atoms with E-state index in [0.29, 0.717) is 5.41 Å². The molecule has 0 aromatic carbocycles. The highest BCUT2D eigenvalue weighted by Crippen LogP contribution is 2.48. The second-order valence-electron chi connectivity index (χ2n) is 4.88. The monoisotopic (exact) mass is 203 g/mol. The summed E-state index contributed by atoms with van der Waals surface area (Å²) in [6.45, 7) is 3.81. The van der Waals surface area contributed by atoms with Gasteiger partial charge in [-0.1, -0.05) is 13.3 Å². The number of hydrogen-bond donors (Lipinski definition) is 0. The zero-order valence-electron chi connectivity index (χ0n) is 8.28. The lowest BCUT2D eigenvalue weighted by atomic mass is 9.79. The second-order valence-corrected chi connectivity index (χ2v) is 6.86. The molecule has 0 amide bonds. The Morgan fingerprint density at radius 2 is 2.00 bits per heavy atom. The minimum atomic E-state index is -2.91. The van der Waals surface area contributed by atoms with Crippen molar-refractivity contribution in [2.45, 2.75) is 26.2 Å². The highest BCUT2D eigenvalue weighted by atomic mass is 32.2. The molecule has 1 aliphatic heterocycles. The lowest BCUT2D eigenvalue weighted by Gasteiger charge is -2.46. The Morgan fingerprint density at radius 3 is 2.38 bits per heavy atom.